The van der Waals surface area contributed by atoms with E-state index in [0.29, 0.717) is 64.5 Å². The van der Waals surface area contributed by atoms with Crippen LogP contribution in [-0.2, 0) is 14.3 Å². The van der Waals surface area contributed by atoms with E-state index in [1.807, 2.05) is 13.8 Å². The van der Waals surface area contributed by atoms with Gasteiger partial charge in [-0.2, -0.15) is 0 Å². The average Bonchev–Trinajstić information content (AvgIpc) is 3.33. The van der Waals surface area contributed by atoms with Crippen LogP contribution in [0.4, 0.5) is 0 Å². The number of rotatable bonds is 10. The minimum absolute atomic E-state index is 0.138. The number of carbonyl (C=O) groups excluding carboxylic acids is 2. The number of hydrogen-bond acceptors (Lipinski definition) is 4. The van der Waals surface area contributed by atoms with Crippen LogP contribution in [0.5, 0.6) is 0 Å². The van der Waals surface area contributed by atoms with Gasteiger partial charge in [-0.25, -0.2) is 0 Å². The first kappa shape index (κ1) is 35.2. The largest absolute Gasteiger partial charge is 0.469 e. The molecular weight excluding hydrogens is 554 g/mol. The zero-order chi connectivity index (χ0) is 33.2. The second-order valence-electron chi connectivity index (χ2n) is 19.3. The molecule has 5 aliphatic carbocycles. The third-order valence-electron chi connectivity index (χ3n) is 16.4. The van der Waals surface area contributed by atoms with E-state index in [2.05, 4.69) is 60.5 Å². The first-order valence-electron chi connectivity index (χ1n) is 18.8. The van der Waals surface area contributed by atoms with Crippen LogP contribution in [0.1, 0.15) is 145 Å². The minimum Gasteiger partial charge on any atom is -0.469 e. The maximum atomic E-state index is 13.5. The Kier molecular flexibility index (Phi) is 9.43. The molecule has 10 atom stereocenters. The number of fused-ring (bicyclic) bond motifs is 7. The Morgan fingerprint density at radius 2 is 1.58 bits per heavy atom. The minimum atomic E-state index is -0.356. The zero-order valence-corrected chi connectivity index (χ0v) is 31.0. The third-order valence-corrected chi connectivity index (χ3v) is 16.4. The van der Waals surface area contributed by atoms with Crippen molar-refractivity contribution >= 4 is 11.8 Å². The number of carbonyl (C=O) groups is 2. The SMILES string of the molecule is C=C(C)C1CC[C@]2(CCNC)CC[C@]3(C)C(CCC4[C@@]5(C)CC[C@H](CC(=O)CC(C)(C)CC(=O)OC)C(C)(C)C5CC[C@]43C)C12. The van der Waals surface area contributed by atoms with Crippen molar-refractivity contribution in [3.63, 3.8) is 0 Å². The summed E-state index contributed by atoms with van der Waals surface area (Å²) >= 11 is 0. The van der Waals surface area contributed by atoms with Gasteiger partial charge in [0.25, 0.3) is 0 Å². The molecule has 0 aliphatic heterocycles. The van der Waals surface area contributed by atoms with E-state index in [0.717, 1.165) is 30.7 Å². The van der Waals surface area contributed by atoms with Crippen molar-refractivity contribution in [3.05, 3.63) is 12.2 Å². The monoisotopic (exact) mass is 624 g/mol. The molecule has 4 heteroatoms. The molecule has 0 radical (unpaired) electrons. The summed E-state index contributed by atoms with van der Waals surface area (Å²) in [6.45, 7) is 25.3. The first-order chi connectivity index (χ1) is 20.9. The van der Waals surface area contributed by atoms with Gasteiger partial charge in [-0.1, -0.05) is 60.6 Å². The number of nitrogens with one attached hydrogen (secondary N) is 1. The van der Waals surface area contributed by atoms with Gasteiger partial charge < -0.3 is 10.1 Å². The number of ketones is 1. The Bertz CT molecular complexity index is 1160. The quantitative estimate of drug-likeness (QED) is 0.194. The zero-order valence-electron chi connectivity index (χ0n) is 31.0. The van der Waals surface area contributed by atoms with E-state index in [4.69, 9.17) is 4.74 Å². The summed E-state index contributed by atoms with van der Waals surface area (Å²) in [5.74, 6) is 4.25. The van der Waals surface area contributed by atoms with Crippen molar-refractivity contribution in [3.8, 4) is 0 Å². The Balaban J connectivity index is 1.37. The molecular formula is C41H69NO3. The van der Waals surface area contributed by atoms with Crippen LogP contribution in [0.25, 0.3) is 0 Å². The van der Waals surface area contributed by atoms with Crippen molar-refractivity contribution in [1.29, 1.82) is 0 Å². The summed E-state index contributed by atoms with van der Waals surface area (Å²) in [4.78, 5) is 25.5. The smallest absolute Gasteiger partial charge is 0.306 e. The highest BCUT2D eigenvalue weighted by Crippen LogP contribution is 2.78. The summed E-state index contributed by atoms with van der Waals surface area (Å²) in [6, 6.07) is 0. The van der Waals surface area contributed by atoms with E-state index in [1.165, 1.54) is 76.9 Å². The van der Waals surface area contributed by atoms with Crippen molar-refractivity contribution in [1.82, 2.24) is 5.32 Å². The van der Waals surface area contributed by atoms with Gasteiger partial charge in [-0.15, -0.1) is 0 Å². The van der Waals surface area contributed by atoms with Gasteiger partial charge in [-0.3, -0.25) is 9.59 Å². The van der Waals surface area contributed by atoms with Crippen LogP contribution in [-0.4, -0.2) is 32.5 Å². The number of allylic oxidation sites excluding steroid dienone is 1. The topological polar surface area (TPSA) is 55.4 Å². The molecule has 1 N–H and O–H groups in total. The lowest BCUT2D eigenvalue weighted by Crippen LogP contribution is -2.66. The molecule has 0 spiro atoms. The fourth-order valence-corrected chi connectivity index (χ4v) is 13.9. The van der Waals surface area contributed by atoms with E-state index in [9.17, 15) is 9.59 Å². The second-order valence-corrected chi connectivity index (χ2v) is 19.3. The van der Waals surface area contributed by atoms with E-state index in [-0.39, 0.29) is 16.8 Å². The molecule has 256 valence electrons. The molecule has 0 saturated heterocycles. The molecule has 5 fully saturated rings. The number of Topliss-reactive ketones (excluding diaryl/α,β-unsaturated/α-hetero) is 1. The Morgan fingerprint density at radius 1 is 0.867 bits per heavy atom. The number of ether oxygens (including phenoxy) is 1. The molecule has 0 aromatic rings. The predicted octanol–water partition coefficient (Wildman–Crippen LogP) is 9.81. The second kappa shape index (κ2) is 12.1. The molecule has 0 aromatic carbocycles. The van der Waals surface area contributed by atoms with Crippen LogP contribution >= 0.6 is 0 Å². The molecule has 5 rings (SSSR count). The highest BCUT2D eigenvalue weighted by Gasteiger charge is 2.70. The van der Waals surface area contributed by atoms with Gasteiger partial charge in [0.15, 0.2) is 0 Å². The van der Waals surface area contributed by atoms with Crippen molar-refractivity contribution in [2.75, 3.05) is 20.7 Å². The maximum absolute atomic E-state index is 13.5. The molecule has 5 saturated carbocycles. The molecule has 4 nitrogen and oxygen atoms in total. The van der Waals surface area contributed by atoms with E-state index in [1.54, 1.807) is 0 Å². The van der Waals surface area contributed by atoms with Crippen molar-refractivity contribution in [2.45, 2.75) is 145 Å². The standard InChI is InChI=1S/C41H69NO3/c1-27(2)30-15-19-41(22-23-42-10)21-20-39(8)31(35(30)41)12-13-33-38(7)17-14-28(37(5,6)32(38)16-18-40(33,39)9)24-29(43)25-36(3,4)26-34(44)45-11/h28,30-33,35,42H,1,12-26H2,2-11H3/t28-,30?,31?,32?,33?,35?,38+,39-,40-,41-/m1/s1. The molecule has 0 heterocycles. The lowest BCUT2D eigenvalue weighted by atomic mass is 9.31. The van der Waals surface area contributed by atoms with Crippen LogP contribution in [0.2, 0.25) is 0 Å². The van der Waals surface area contributed by atoms with Gasteiger partial charge in [-0.05, 0) is 159 Å². The lowest BCUT2D eigenvalue weighted by Gasteiger charge is -2.73. The highest BCUT2D eigenvalue weighted by atomic mass is 16.5. The Hall–Kier alpha value is -1.16. The molecule has 0 aromatic heterocycles. The highest BCUT2D eigenvalue weighted by molar-refractivity contribution is 5.80. The van der Waals surface area contributed by atoms with Crippen LogP contribution < -0.4 is 5.32 Å². The summed E-state index contributed by atoms with van der Waals surface area (Å²) in [7, 11) is 3.57. The van der Waals surface area contributed by atoms with Gasteiger partial charge in [0, 0.05) is 12.8 Å². The average molecular weight is 624 g/mol. The normalized spacial score (nSPS) is 43.8. The van der Waals surface area contributed by atoms with E-state index >= 15 is 0 Å². The number of methoxy groups -OCH3 is 1. The predicted molar refractivity (Wildman–Crippen MR) is 186 cm³/mol. The van der Waals surface area contributed by atoms with Crippen molar-refractivity contribution < 1.29 is 14.3 Å². The molecule has 5 unspecified atom stereocenters. The molecule has 45 heavy (non-hydrogen) atoms. The van der Waals surface area contributed by atoms with Crippen LogP contribution in [0.15, 0.2) is 12.2 Å². The summed E-state index contributed by atoms with van der Waals surface area (Å²) < 4.78 is 4.91. The van der Waals surface area contributed by atoms with Gasteiger partial charge in [0.1, 0.15) is 5.78 Å². The maximum Gasteiger partial charge on any atom is 0.306 e. The van der Waals surface area contributed by atoms with Crippen LogP contribution in [0.3, 0.4) is 0 Å². The van der Waals surface area contributed by atoms with E-state index < -0.39 is 0 Å². The Labute approximate surface area is 277 Å². The summed E-state index contributed by atoms with van der Waals surface area (Å²) in [5, 5.41) is 3.52. The third kappa shape index (κ3) is 5.61. The first-order valence-corrected chi connectivity index (χ1v) is 18.8. The fraction of sp³-hybridized carbons (Fsp3) is 0.902. The lowest BCUT2D eigenvalue weighted by molar-refractivity contribution is -0.243. The number of esters is 1. The van der Waals surface area contributed by atoms with Gasteiger partial charge in [0.2, 0.25) is 0 Å². The number of hydrogen-bond donors (Lipinski definition) is 1. The molecule has 0 amide bonds. The molecule has 0 bridgehead atoms. The summed E-state index contributed by atoms with van der Waals surface area (Å²) in [6.07, 6.45) is 16.1. The van der Waals surface area contributed by atoms with Gasteiger partial charge >= 0.3 is 5.97 Å². The fourth-order valence-electron chi connectivity index (χ4n) is 13.9. The molecule has 5 aliphatic rings. The Morgan fingerprint density at radius 3 is 2.22 bits per heavy atom. The van der Waals surface area contributed by atoms with Crippen LogP contribution in [0, 0.1) is 68.0 Å². The summed E-state index contributed by atoms with van der Waals surface area (Å²) in [5.41, 5.74) is 2.82. The van der Waals surface area contributed by atoms with Crippen molar-refractivity contribution in [2.24, 2.45) is 68.0 Å². The van der Waals surface area contributed by atoms with Gasteiger partial charge in [0.05, 0.1) is 13.5 Å².